The van der Waals surface area contributed by atoms with Gasteiger partial charge < -0.3 is 20.3 Å². The van der Waals surface area contributed by atoms with Crippen molar-refractivity contribution in [2.45, 2.75) is 334 Å². The van der Waals surface area contributed by atoms with Gasteiger partial charge in [-0.2, -0.15) is 0 Å². The number of hydrogen-bond acceptors (Lipinski definition) is 5. The maximum Gasteiger partial charge on any atom is 0.305 e. The molecule has 0 bridgehead atoms. The van der Waals surface area contributed by atoms with Crippen LogP contribution in [0, 0.1) is 0 Å². The summed E-state index contributed by atoms with van der Waals surface area (Å²) in [6.45, 7) is 4.84. The van der Waals surface area contributed by atoms with E-state index in [0.717, 1.165) is 51.4 Å². The van der Waals surface area contributed by atoms with Crippen LogP contribution in [-0.4, -0.2) is 47.4 Å². The summed E-state index contributed by atoms with van der Waals surface area (Å²) in [6.07, 6.45) is 71.7. The van der Waals surface area contributed by atoms with Crippen LogP contribution in [0.25, 0.3) is 0 Å². The molecule has 0 aliphatic heterocycles. The Kier molecular flexibility index (Phi) is 56.0. The van der Waals surface area contributed by atoms with Gasteiger partial charge in [0.2, 0.25) is 5.91 Å². The van der Waals surface area contributed by atoms with Gasteiger partial charge in [-0.25, -0.2) is 0 Å². The number of ether oxygens (including phenoxy) is 1. The lowest BCUT2D eigenvalue weighted by molar-refractivity contribution is -0.143. The standard InChI is InChI=1S/C62H117NO5/c1-3-5-7-9-11-13-15-17-18-19-24-27-31-34-38-42-46-50-54-60(65)59(58-64)63-61(66)55-51-47-43-39-35-32-28-25-22-20-21-23-26-29-33-37-41-45-49-53-57-68-62(67)56-52-48-44-40-36-30-16-14-12-10-8-6-4-2/h8,10,14,16,50,54,59-60,64-65H,3-7,9,11-13,15,17-49,51-53,55-58H2,1-2H3,(H,63,66)/b10-8-,16-14-,54-50+. The first-order chi connectivity index (χ1) is 33.5. The van der Waals surface area contributed by atoms with Gasteiger partial charge >= 0.3 is 5.97 Å². The van der Waals surface area contributed by atoms with E-state index < -0.39 is 12.1 Å². The number of nitrogens with one attached hydrogen (secondary N) is 1. The zero-order chi connectivity index (χ0) is 49.3. The second-order valence-corrected chi connectivity index (χ2v) is 20.7. The van der Waals surface area contributed by atoms with Gasteiger partial charge in [0, 0.05) is 12.8 Å². The van der Waals surface area contributed by atoms with Gasteiger partial charge in [0.05, 0.1) is 25.4 Å². The van der Waals surface area contributed by atoms with Gasteiger partial charge in [-0.15, -0.1) is 0 Å². The molecule has 400 valence electrons. The minimum Gasteiger partial charge on any atom is -0.466 e. The fraction of sp³-hybridized carbons (Fsp3) is 0.871. The van der Waals surface area contributed by atoms with E-state index in [1.54, 1.807) is 6.08 Å². The molecule has 0 rings (SSSR count). The minimum absolute atomic E-state index is 0.00543. The van der Waals surface area contributed by atoms with Crippen LogP contribution in [0.3, 0.4) is 0 Å². The van der Waals surface area contributed by atoms with Crippen molar-refractivity contribution in [1.29, 1.82) is 0 Å². The summed E-state index contributed by atoms with van der Waals surface area (Å²) in [4.78, 5) is 24.5. The fourth-order valence-electron chi connectivity index (χ4n) is 9.26. The lowest BCUT2D eigenvalue weighted by Crippen LogP contribution is -2.45. The van der Waals surface area contributed by atoms with Gasteiger partial charge in [0.25, 0.3) is 0 Å². The van der Waals surface area contributed by atoms with Gasteiger partial charge in [0.15, 0.2) is 0 Å². The van der Waals surface area contributed by atoms with Crippen LogP contribution in [0.2, 0.25) is 0 Å². The van der Waals surface area contributed by atoms with Crippen LogP contribution in [0.1, 0.15) is 322 Å². The van der Waals surface area contributed by atoms with E-state index in [9.17, 15) is 19.8 Å². The summed E-state index contributed by atoms with van der Waals surface area (Å²) >= 11 is 0. The highest BCUT2D eigenvalue weighted by atomic mass is 16.5. The summed E-state index contributed by atoms with van der Waals surface area (Å²) in [7, 11) is 0. The number of carbonyl (C=O) groups excluding carboxylic acids is 2. The van der Waals surface area contributed by atoms with E-state index in [0.29, 0.717) is 19.4 Å². The molecule has 0 aromatic rings. The van der Waals surface area contributed by atoms with Gasteiger partial charge in [0.1, 0.15) is 0 Å². The van der Waals surface area contributed by atoms with E-state index in [1.807, 2.05) is 6.08 Å². The Morgan fingerprint density at radius 2 is 0.765 bits per heavy atom. The fourth-order valence-corrected chi connectivity index (χ4v) is 9.26. The quantitative estimate of drug-likeness (QED) is 0.0321. The average molecular weight is 957 g/mol. The normalized spacial score (nSPS) is 12.8. The van der Waals surface area contributed by atoms with E-state index >= 15 is 0 Å². The van der Waals surface area contributed by atoms with Crippen LogP contribution >= 0.6 is 0 Å². The van der Waals surface area contributed by atoms with Crippen LogP contribution in [-0.2, 0) is 14.3 Å². The highest BCUT2D eigenvalue weighted by Gasteiger charge is 2.18. The molecule has 6 heteroatoms. The van der Waals surface area contributed by atoms with E-state index in [2.05, 4.69) is 43.5 Å². The predicted molar refractivity (Wildman–Crippen MR) is 296 cm³/mol. The second kappa shape index (κ2) is 57.7. The predicted octanol–water partition coefficient (Wildman–Crippen LogP) is 18.8. The molecule has 0 radical (unpaired) electrons. The second-order valence-electron chi connectivity index (χ2n) is 20.7. The number of amides is 1. The number of allylic oxidation sites excluding steroid dienone is 5. The molecular weight excluding hydrogens is 839 g/mol. The van der Waals surface area contributed by atoms with Crippen molar-refractivity contribution in [3.8, 4) is 0 Å². The molecule has 0 fully saturated rings. The number of esters is 1. The lowest BCUT2D eigenvalue weighted by Gasteiger charge is -2.20. The van der Waals surface area contributed by atoms with Crippen LogP contribution in [0.5, 0.6) is 0 Å². The Bertz CT molecular complexity index is 1100. The van der Waals surface area contributed by atoms with E-state index in [-0.39, 0.29) is 18.5 Å². The van der Waals surface area contributed by atoms with Crippen LogP contribution in [0.4, 0.5) is 0 Å². The number of aliphatic hydroxyl groups excluding tert-OH is 2. The Morgan fingerprint density at radius 1 is 0.412 bits per heavy atom. The first kappa shape index (κ1) is 66.1. The van der Waals surface area contributed by atoms with Crippen molar-refractivity contribution in [3.63, 3.8) is 0 Å². The molecule has 0 spiro atoms. The van der Waals surface area contributed by atoms with Crippen molar-refractivity contribution >= 4 is 11.9 Å². The maximum atomic E-state index is 12.5. The highest BCUT2D eigenvalue weighted by Crippen LogP contribution is 2.17. The molecule has 3 N–H and O–H groups in total. The highest BCUT2D eigenvalue weighted by molar-refractivity contribution is 5.76. The van der Waals surface area contributed by atoms with Crippen molar-refractivity contribution in [2.75, 3.05) is 13.2 Å². The molecule has 0 saturated carbocycles. The SMILES string of the molecule is CCC/C=C\C/C=C\CCCCCCCC(=O)OCCCCCCCCCCCCCCCCCCCCCCC(=O)NC(CO)C(O)/C=C/CCCCCCCCCCCCCCCCCC. The summed E-state index contributed by atoms with van der Waals surface area (Å²) in [5, 5.41) is 23.2. The zero-order valence-corrected chi connectivity index (χ0v) is 45.6. The molecule has 2 unspecified atom stereocenters. The third-order valence-electron chi connectivity index (χ3n) is 13.9. The molecule has 0 saturated heterocycles. The number of carbonyl (C=O) groups is 2. The van der Waals surface area contributed by atoms with Gasteiger partial charge in [-0.05, 0) is 57.8 Å². The van der Waals surface area contributed by atoms with Crippen molar-refractivity contribution in [3.05, 3.63) is 36.5 Å². The zero-order valence-electron chi connectivity index (χ0n) is 45.6. The molecule has 0 aliphatic rings. The number of unbranched alkanes of at least 4 members (excludes halogenated alkanes) is 41. The first-order valence-corrected chi connectivity index (χ1v) is 30.3. The Morgan fingerprint density at radius 3 is 1.18 bits per heavy atom. The third kappa shape index (κ3) is 53.4. The maximum absolute atomic E-state index is 12.5. The van der Waals surface area contributed by atoms with Gasteiger partial charge in [-0.3, -0.25) is 9.59 Å². The van der Waals surface area contributed by atoms with Crippen molar-refractivity contribution in [1.82, 2.24) is 5.32 Å². The Balaban J connectivity index is 3.43. The average Bonchev–Trinajstić information content (AvgIpc) is 3.34. The molecule has 0 aliphatic carbocycles. The molecule has 0 aromatic heterocycles. The topological polar surface area (TPSA) is 95.9 Å². The van der Waals surface area contributed by atoms with E-state index in [4.69, 9.17) is 4.74 Å². The molecule has 0 aromatic carbocycles. The number of hydrogen-bond donors (Lipinski definition) is 3. The Labute approximate surface area is 424 Å². The van der Waals surface area contributed by atoms with Crippen LogP contribution < -0.4 is 5.32 Å². The largest absolute Gasteiger partial charge is 0.466 e. The molecular formula is C62H117NO5. The van der Waals surface area contributed by atoms with Crippen molar-refractivity contribution in [2.24, 2.45) is 0 Å². The minimum atomic E-state index is -0.846. The van der Waals surface area contributed by atoms with Crippen molar-refractivity contribution < 1.29 is 24.5 Å². The molecule has 68 heavy (non-hydrogen) atoms. The smallest absolute Gasteiger partial charge is 0.305 e. The van der Waals surface area contributed by atoms with Crippen LogP contribution in [0.15, 0.2) is 36.5 Å². The molecule has 2 atom stereocenters. The van der Waals surface area contributed by atoms with Gasteiger partial charge in [-0.1, -0.05) is 288 Å². The first-order valence-electron chi connectivity index (χ1n) is 30.3. The summed E-state index contributed by atoms with van der Waals surface area (Å²) < 4.78 is 5.46. The molecule has 0 heterocycles. The summed E-state index contributed by atoms with van der Waals surface area (Å²) in [6, 6.07) is -0.630. The molecule has 1 amide bonds. The molecule has 6 nitrogen and oxygen atoms in total. The summed E-state index contributed by atoms with van der Waals surface area (Å²) in [5.41, 5.74) is 0. The summed E-state index contributed by atoms with van der Waals surface area (Å²) in [5.74, 6) is -0.0737. The lowest BCUT2D eigenvalue weighted by atomic mass is 10.0. The number of aliphatic hydroxyl groups is 2. The monoisotopic (exact) mass is 956 g/mol. The van der Waals surface area contributed by atoms with E-state index in [1.165, 1.54) is 244 Å². The third-order valence-corrected chi connectivity index (χ3v) is 13.9. The Hall–Kier alpha value is -1.92. The number of rotatable bonds is 56.